The number of hydrogen-bond donors (Lipinski definition) is 4. The van der Waals surface area contributed by atoms with E-state index in [1.807, 2.05) is 57.2 Å². The third kappa shape index (κ3) is 4.44. The minimum Gasteiger partial charge on any atom is -0.381 e. The Morgan fingerprint density at radius 1 is 1.06 bits per heavy atom. The Kier molecular flexibility index (Phi) is 5.24. The molecule has 0 bridgehead atoms. The molecule has 4 rings (SSSR count). The standard InChI is InChI=1S/C22H22ClN7O/c1-22(2,3)29-21(31)28-20-19(24)26-17(12-7-5-4-6-8-12)18(27-20)13-9-14-11-25-30-16(14)15(23)10-13/h4-11H,1-3H3,(H2,24,26)(H,25,30)(H2,27,28,29,31). The second-order valence-electron chi connectivity index (χ2n) is 8.14. The fourth-order valence-electron chi connectivity index (χ4n) is 3.17. The normalized spacial score (nSPS) is 11.5. The van der Waals surface area contributed by atoms with E-state index < -0.39 is 11.6 Å². The lowest BCUT2D eigenvalue weighted by Crippen LogP contribution is -2.43. The zero-order valence-corrected chi connectivity index (χ0v) is 18.1. The van der Waals surface area contributed by atoms with Crippen molar-refractivity contribution in [3.8, 4) is 22.5 Å². The van der Waals surface area contributed by atoms with Crippen LogP contribution in [0, 0.1) is 0 Å². The van der Waals surface area contributed by atoms with E-state index in [2.05, 4.69) is 30.8 Å². The van der Waals surface area contributed by atoms with Gasteiger partial charge in [0.15, 0.2) is 11.6 Å². The molecule has 2 amide bonds. The first-order chi connectivity index (χ1) is 14.7. The third-order valence-electron chi connectivity index (χ3n) is 4.46. The van der Waals surface area contributed by atoms with Crippen LogP contribution in [0.3, 0.4) is 0 Å². The van der Waals surface area contributed by atoms with E-state index in [1.54, 1.807) is 12.3 Å². The Hall–Kier alpha value is -3.65. The van der Waals surface area contributed by atoms with Gasteiger partial charge in [0.25, 0.3) is 0 Å². The first-order valence-electron chi connectivity index (χ1n) is 9.66. The van der Waals surface area contributed by atoms with Crippen LogP contribution < -0.4 is 16.4 Å². The Morgan fingerprint density at radius 2 is 1.77 bits per heavy atom. The number of benzene rings is 2. The number of anilines is 2. The smallest absolute Gasteiger partial charge is 0.320 e. The molecule has 0 atom stereocenters. The molecule has 158 valence electrons. The average molecular weight is 436 g/mol. The van der Waals surface area contributed by atoms with E-state index in [9.17, 15) is 4.79 Å². The lowest BCUT2D eigenvalue weighted by Gasteiger charge is -2.21. The van der Waals surface area contributed by atoms with Gasteiger partial charge in [-0.25, -0.2) is 14.8 Å². The monoisotopic (exact) mass is 435 g/mol. The van der Waals surface area contributed by atoms with Gasteiger partial charge in [-0.2, -0.15) is 5.10 Å². The summed E-state index contributed by atoms with van der Waals surface area (Å²) >= 11 is 6.46. The van der Waals surface area contributed by atoms with Crippen molar-refractivity contribution < 1.29 is 4.79 Å². The highest BCUT2D eigenvalue weighted by Gasteiger charge is 2.20. The molecule has 4 aromatic rings. The van der Waals surface area contributed by atoms with Crippen molar-refractivity contribution in [2.75, 3.05) is 11.1 Å². The van der Waals surface area contributed by atoms with Gasteiger partial charge in [0.05, 0.1) is 28.1 Å². The van der Waals surface area contributed by atoms with Crippen LogP contribution in [0.15, 0.2) is 48.7 Å². The molecule has 2 aromatic carbocycles. The first-order valence-corrected chi connectivity index (χ1v) is 10.0. The van der Waals surface area contributed by atoms with Crippen LogP contribution in [0.25, 0.3) is 33.4 Å². The number of carbonyl (C=O) groups excluding carboxylic acids is 1. The first kappa shape index (κ1) is 20.6. The number of rotatable bonds is 3. The van der Waals surface area contributed by atoms with Crippen molar-refractivity contribution >= 4 is 40.2 Å². The molecule has 0 saturated heterocycles. The second-order valence-corrected chi connectivity index (χ2v) is 8.55. The Morgan fingerprint density at radius 3 is 2.48 bits per heavy atom. The molecule has 9 heteroatoms. The van der Waals surface area contributed by atoms with Crippen LogP contribution in [0.4, 0.5) is 16.4 Å². The molecule has 0 spiro atoms. The number of hydrogen-bond acceptors (Lipinski definition) is 5. The summed E-state index contributed by atoms with van der Waals surface area (Å²) in [4.78, 5) is 21.6. The lowest BCUT2D eigenvalue weighted by molar-refractivity contribution is 0.243. The Bertz CT molecular complexity index is 1260. The predicted octanol–water partition coefficient (Wildman–Crippen LogP) is 4.84. The van der Waals surface area contributed by atoms with E-state index >= 15 is 0 Å². The average Bonchev–Trinajstić information content (AvgIpc) is 3.18. The van der Waals surface area contributed by atoms with Gasteiger partial charge in [0, 0.05) is 22.1 Å². The number of aromatic nitrogens is 4. The number of fused-ring (bicyclic) bond motifs is 1. The van der Waals surface area contributed by atoms with Crippen LogP contribution in [0.1, 0.15) is 20.8 Å². The maximum Gasteiger partial charge on any atom is 0.320 e. The highest BCUT2D eigenvalue weighted by Crippen LogP contribution is 2.35. The van der Waals surface area contributed by atoms with Crippen molar-refractivity contribution in [3.63, 3.8) is 0 Å². The molecule has 2 heterocycles. The van der Waals surface area contributed by atoms with Crippen LogP contribution in [-0.4, -0.2) is 31.7 Å². The van der Waals surface area contributed by atoms with Crippen molar-refractivity contribution in [2.45, 2.75) is 26.3 Å². The van der Waals surface area contributed by atoms with Gasteiger partial charge in [-0.05, 0) is 32.9 Å². The largest absolute Gasteiger partial charge is 0.381 e. The van der Waals surface area contributed by atoms with Crippen LogP contribution in [0.2, 0.25) is 5.02 Å². The molecule has 0 fully saturated rings. The summed E-state index contributed by atoms with van der Waals surface area (Å²) < 4.78 is 0. The minimum atomic E-state index is -0.421. The zero-order valence-electron chi connectivity index (χ0n) is 17.3. The molecular formula is C22H22ClN7O. The second kappa shape index (κ2) is 7.88. The molecule has 0 radical (unpaired) electrons. The number of nitrogen functional groups attached to an aromatic ring is 1. The van der Waals surface area contributed by atoms with Gasteiger partial charge in [-0.15, -0.1) is 0 Å². The van der Waals surface area contributed by atoms with E-state index in [4.69, 9.17) is 17.3 Å². The summed E-state index contributed by atoms with van der Waals surface area (Å²) in [5.41, 5.74) is 9.17. The maximum absolute atomic E-state index is 12.4. The molecular weight excluding hydrogens is 414 g/mol. The molecule has 0 aliphatic heterocycles. The number of aromatic amines is 1. The highest BCUT2D eigenvalue weighted by atomic mass is 35.5. The molecule has 5 N–H and O–H groups in total. The van der Waals surface area contributed by atoms with Crippen molar-refractivity contribution in [1.29, 1.82) is 0 Å². The topological polar surface area (TPSA) is 122 Å². The van der Waals surface area contributed by atoms with E-state index in [0.29, 0.717) is 16.4 Å². The number of carbonyl (C=O) groups is 1. The van der Waals surface area contributed by atoms with E-state index in [0.717, 1.165) is 22.0 Å². The molecule has 0 saturated carbocycles. The SMILES string of the molecule is CC(C)(C)NC(=O)Nc1nc(-c2cc(Cl)c3[nH]ncc3c2)c(-c2ccccc2)nc1N. The fraction of sp³-hybridized carbons (Fsp3) is 0.182. The van der Waals surface area contributed by atoms with Gasteiger partial charge in [-0.3, -0.25) is 10.4 Å². The minimum absolute atomic E-state index is 0.113. The predicted molar refractivity (Wildman–Crippen MR) is 124 cm³/mol. The fourth-order valence-corrected chi connectivity index (χ4v) is 3.44. The number of amides is 2. The van der Waals surface area contributed by atoms with Gasteiger partial charge in [-0.1, -0.05) is 41.9 Å². The van der Waals surface area contributed by atoms with Gasteiger partial charge in [0.1, 0.15) is 0 Å². The van der Waals surface area contributed by atoms with Gasteiger partial charge >= 0.3 is 6.03 Å². The Balaban J connectivity index is 1.86. The van der Waals surface area contributed by atoms with Crippen LogP contribution >= 0.6 is 11.6 Å². The summed E-state index contributed by atoms with van der Waals surface area (Å²) in [6.45, 7) is 5.65. The number of halogens is 1. The van der Waals surface area contributed by atoms with Gasteiger partial charge in [0.2, 0.25) is 0 Å². The van der Waals surface area contributed by atoms with Crippen molar-refractivity contribution in [2.24, 2.45) is 0 Å². The maximum atomic E-state index is 12.4. The number of nitrogens with two attached hydrogens (primary N) is 1. The molecule has 0 aliphatic carbocycles. The third-order valence-corrected chi connectivity index (χ3v) is 4.76. The zero-order chi connectivity index (χ0) is 22.2. The number of H-pyrrole nitrogens is 1. The Labute approximate surface area is 184 Å². The summed E-state index contributed by atoms with van der Waals surface area (Å²) in [5, 5.41) is 13.8. The number of urea groups is 1. The van der Waals surface area contributed by atoms with E-state index in [1.165, 1.54) is 0 Å². The van der Waals surface area contributed by atoms with Crippen LogP contribution in [-0.2, 0) is 0 Å². The molecule has 8 nitrogen and oxygen atoms in total. The number of nitrogens with zero attached hydrogens (tertiary/aromatic N) is 3. The molecule has 0 aliphatic rings. The summed E-state index contributed by atoms with van der Waals surface area (Å²) in [6.07, 6.45) is 1.69. The number of nitrogens with one attached hydrogen (secondary N) is 3. The van der Waals surface area contributed by atoms with Crippen LogP contribution in [0.5, 0.6) is 0 Å². The lowest BCUT2D eigenvalue weighted by atomic mass is 10.0. The van der Waals surface area contributed by atoms with Crippen molar-refractivity contribution in [3.05, 3.63) is 53.7 Å². The summed E-state index contributed by atoms with van der Waals surface area (Å²) in [5.74, 6) is 0.280. The van der Waals surface area contributed by atoms with Gasteiger partial charge < -0.3 is 11.1 Å². The van der Waals surface area contributed by atoms with Crippen molar-refractivity contribution in [1.82, 2.24) is 25.5 Å². The summed E-state index contributed by atoms with van der Waals surface area (Å²) in [7, 11) is 0. The quantitative estimate of drug-likeness (QED) is 0.366. The highest BCUT2D eigenvalue weighted by molar-refractivity contribution is 6.35. The molecule has 0 unspecified atom stereocenters. The van der Waals surface area contributed by atoms with E-state index in [-0.39, 0.29) is 11.6 Å². The molecule has 31 heavy (non-hydrogen) atoms. The molecule has 2 aromatic heterocycles. The summed E-state index contributed by atoms with van der Waals surface area (Å²) in [6, 6.07) is 12.9.